The highest BCUT2D eigenvalue weighted by Gasteiger charge is 2.28. The lowest BCUT2D eigenvalue weighted by Crippen LogP contribution is -2.38. The number of hydrogen-bond acceptors (Lipinski definition) is 3. The summed E-state index contributed by atoms with van der Waals surface area (Å²) in [5.41, 5.74) is 1.06. The zero-order chi connectivity index (χ0) is 16.2. The maximum absolute atomic E-state index is 12.2. The Balaban J connectivity index is 1.97. The highest BCUT2D eigenvalue weighted by molar-refractivity contribution is 7.10. The fourth-order valence-corrected chi connectivity index (χ4v) is 3.25. The van der Waals surface area contributed by atoms with Gasteiger partial charge < -0.3 is 10.1 Å². The van der Waals surface area contributed by atoms with Crippen molar-refractivity contribution in [2.24, 2.45) is 5.41 Å². The molecule has 1 atom stereocenters. The lowest BCUT2D eigenvalue weighted by Gasteiger charge is -2.30. The molecule has 2 rings (SSSR count). The van der Waals surface area contributed by atoms with E-state index in [9.17, 15) is 4.79 Å². The number of ether oxygens (including phenoxy) is 1. The number of carbonyl (C=O) groups is 1. The molecule has 3 nitrogen and oxygen atoms in total. The van der Waals surface area contributed by atoms with Crippen molar-refractivity contribution in [1.82, 2.24) is 5.32 Å². The highest BCUT2D eigenvalue weighted by atomic mass is 32.1. The minimum absolute atomic E-state index is 0.0129. The number of thiophene rings is 1. The van der Waals surface area contributed by atoms with Gasteiger partial charge >= 0.3 is 0 Å². The van der Waals surface area contributed by atoms with Crippen molar-refractivity contribution < 1.29 is 9.53 Å². The molecule has 1 amide bonds. The van der Waals surface area contributed by atoms with E-state index in [2.05, 4.69) is 32.2 Å². The van der Waals surface area contributed by atoms with Crippen molar-refractivity contribution >= 4 is 17.2 Å². The first-order valence-corrected chi connectivity index (χ1v) is 8.26. The fourth-order valence-electron chi connectivity index (χ4n) is 2.23. The topological polar surface area (TPSA) is 38.3 Å². The summed E-state index contributed by atoms with van der Waals surface area (Å²) in [4.78, 5) is 13.4. The lowest BCUT2D eigenvalue weighted by atomic mass is 9.86. The van der Waals surface area contributed by atoms with Crippen LogP contribution in [0.1, 0.15) is 37.3 Å². The predicted molar refractivity (Wildman–Crippen MR) is 91.3 cm³/mol. The van der Waals surface area contributed by atoms with E-state index in [1.54, 1.807) is 11.3 Å². The van der Waals surface area contributed by atoms with E-state index in [1.165, 1.54) is 0 Å². The maximum atomic E-state index is 12.2. The Labute approximate surface area is 136 Å². The van der Waals surface area contributed by atoms with Crippen LogP contribution in [0.5, 0.6) is 5.75 Å². The van der Waals surface area contributed by atoms with Gasteiger partial charge in [-0.15, -0.1) is 11.3 Å². The third kappa shape index (κ3) is 4.60. The summed E-state index contributed by atoms with van der Waals surface area (Å²) >= 11 is 1.66. The number of nitrogens with one attached hydrogen (secondary N) is 1. The Morgan fingerprint density at radius 1 is 1.27 bits per heavy atom. The fraction of sp³-hybridized carbons (Fsp3) is 0.389. The minimum Gasteiger partial charge on any atom is -0.484 e. The zero-order valence-electron chi connectivity index (χ0n) is 13.6. The van der Waals surface area contributed by atoms with Crippen LogP contribution < -0.4 is 10.1 Å². The van der Waals surface area contributed by atoms with Crippen molar-refractivity contribution in [3.63, 3.8) is 0 Å². The molecule has 0 saturated heterocycles. The molecule has 0 aliphatic rings. The molecule has 1 heterocycles. The molecule has 0 bridgehead atoms. The van der Waals surface area contributed by atoms with Crippen molar-refractivity contribution in [3.05, 3.63) is 52.2 Å². The smallest absolute Gasteiger partial charge is 0.258 e. The number of benzene rings is 1. The van der Waals surface area contributed by atoms with Crippen LogP contribution >= 0.6 is 11.3 Å². The Hall–Kier alpha value is -1.81. The lowest BCUT2D eigenvalue weighted by molar-refractivity contribution is -0.124. The third-order valence-electron chi connectivity index (χ3n) is 3.36. The third-order valence-corrected chi connectivity index (χ3v) is 4.30. The molecule has 0 aliphatic carbocycles. The molecule has 1 N–H and O–H groups in total. The normalized spacial score (nSPS) is 12.7. The van der Waals surface area contributed by atoms with Gasteiger partial charge in [0.2, 0.25) is 0 Å². The van der Waals surface area contributed by atoms with Gasteiger partial charge in [-0.2, -0.15) is 0 Å². The molecule has 2 aromatic rings. The van der Waals surface area contributed by atoms with Crippen molar-refractivity contribution in [2.45, 2.75) is 33.7 Å². The first-order valence-electron chi connectivity index (χ1n) is 7.38. The van der Waals surface area contributed by atoms with E-state index in [0.717, 1.165) is 16.2 Å². The van der Waals surface area contributed by atoms with E-state index in [-0.39, 0.29) is 24.0 Å². The molecular formula is C18H23NO2S. The monoisotopic (exact) mass is 317 g/mol. The summed E-state index contributed by atoms with van der Waals surface area (Å²) in [6, 6.07) is 11.8. The Bertz CT molecular complexity index is 614. The molecule has 0 unspecified atom stereocenters. The van der Waals surface area contributed by atoms with Crippen LogP contribution in [0.3, 0.4) is 0 Å². The van der Waals surface area contributed by atoms with Crippen molar-refractivity contribution in [3.8, 4) is 5.75 Å². The molecule has 1 aromatic carbocycles. The summed E-state index contributed by atoms with van der Waals surface area (Å²) in [6.45, 7) is 8.40. The number of rotatable bonds is 5. The molecule has 0 aliphatic heterocycles. The quantitative estimate of drug-likeness (QED) is 0.891. The van der Waals surface area contributed by atoms with E-state index in [0.29, 0.717) is 0 Å². The molecule has 0 radical (unpaired) electrons. The molecular weight excluding hydrogens is 294 g/mol. The predicted octanol–water partition coefficient (Wildman–Crippen LogP) is 4.34. The molecule has 118 valence electrons. The second-order valence-electron chi connectivity index (χ2n) is 6.49. The van der Waals surface area contributed by atoms with Gasteiger partial charge in [0.1, 0.15) is 5.75 Å². The van der Waals surface area contributed by atoms with Crippen LogP contribution in [-0.4, -0.2) is 12.5 Å². The number of carbonyl (C=O) groups excluding carboxylic acids is 1. The summed E-state index contributed by atoms with van der Waals surface area (Å²) in [6.07, 6.45) is 0. The standard InChI is InChI=1S/C18H23NO2S/c1-13-7-5-8-14(11-13)21-12-16(20)19-17(18(2,3)4)15-9-6-10-22-15/h5-11,17H,12H2,1-4H3,(H,19,20)/t17-/m1/s1. The van der Waals surface area contributed by atoms with E-state index >= 15 is 0 Å². The van der Waals surface area contributed by atoms with Crippen LogP contribution in [-0.2, 0) is 4.79 Å². The Kier molecular flexibility index (Phi) is 5.24. The molecule has 4 heteroatoms. The van der Waals surface area contributed by atoms with Crippen LogP contribution in [0.25, 0.3) is 0 Å². The van der Waals surface area contributed by atoms with Gasteiger partial charge in [0.05, 0.1) is 6.04 Å². The van der Waals surface area contributed by atoms with Crippen molar-refractivity contribution in [2.75, 3.05) is 6.61 Å². The van der Waals surface area contributed by atoms with Crippen LogP contribution in [0, 0.1) is 12.3 Å². The van der Waals surface area contributed by atoms with Gasteiger partial charge in [0, 0.05) is 4.88 Å². The largest absolute Gasteiger partial charge is 0.484 e. The van der Waals surface area contributed by atoms with Gasteiger partial charge in [-0.1, -0.05) is 39.0 Å². The summed E-state index contributed by atoms with van der Waals surface area (Å²) in [5.74, 6) is 0.619. The molecule has 1 aromatic heterocycles. The first kappa shape index (κ1) is 16.6. The molecule has 0 fully saturated rings. The second-order valence-corrected chi connectivity index (χ2v) is 7.47. The van der Waals surface area contributed by atoms with E-state index < -0.39 is 0 Å². The van der Waals surface area contributed by atoms with Gasteiger partial charge in [-0.05, 0) is 41.5 Å². The second kappa shape index (κ2) is 6.97. The number of aryl methyl sites for hydroxylation is 1. The van der Waals surface area contributed by atoms with E-state index in [4.69, 9.17) is 4.74 Å². The summed E-state index contributed by atoms with van der Waals surface area (Å²) < 4.78 is 5.57. The summed E-state index contributed by atoms with van der Waals surface area (Å²) in [5, 5.41) is 5.12. The zero-order valence-corrected chi connectivity index (χ0v) is 14.4. The number of amides is 1. The average Bonchev–Trinajstić information content (AvgIpc) is 2.95. The van der Waals surface area contributed by atoms with Gasteiger partial charge in [-0.3, -0.25) is 4.79 Å². The van der Waals surface area contributed by atoms with Gasteiger partial charge in [-0.25, -0.2) is 0 Å². The van der Waals surface area contributed by atoms with Gasteiger partial charge in [0.25, 0.3) is 5.91 Å². The molecule has 22 heavy (non-hydrogen) atoms. The van der Waals surface area contributed by atoms with Crippen LogP contribution in [0.4, 0.5) is 0 Å². The van der Waals surface area contributed by atoms with Crippen LogP contribution in [0.2, 0.25) is 0 Å². The van der Waals surface area contributed by atoms with Gasteiger partial charge in [0.15, 0.2) is 6.61 Å². The molecule has 0 saturated carbocycles. The van der Waals surface area contributed by atoms with E-state index in [1.807, 2.05) is 42.6 Å². The number of hydrogen-bond donors (Lipinski definition) is 1. The van der Waals surface area contributed by atoms with Crippen molar-refractivity contribution in [1.29, 1.82) is 0 Å². The average molecular weight is 317 g/mol. The van der Waals surface area contributed by atoms with Crippen LogP contribution in [0.15, 0.2) is 41.8 Å². The first-order chi connectivity index (χ1) is 10.4. The molecule has 0 spiro atoms. The Morgan fingerprint density at radius 2 is 2.05 bits per heavy atom. The highest BCUT2D eigenvalue weighted by Crippen LogP contribution is 2.35. The summed E-state index contributed by atoms with van der Waals surface area (Å²) in [7, 11) is 0. The SMILES string of the molecule is Cc1cccc(OCC(=O)N[C@H](c2cccs2)C(C)(C)C)c1. The maximum Gasteiger partial charge on any atom is 0.258 e. The Morgan fingerprint density at radius 3 is 2.64 bits per heavy atom. The minimum atomic E-state index is -0.102.